The standard InChI is InChI=1S/C51H56N8O7S2/c1-26-30(5)68-50-42(26)43(54-39(23-41(61)62)46-57-56-31(6)59(46)50)35-14-12-33(13-15-35)34-18-20-38(21-19-34)66-29(4)47(63)55-45(51(7,8)9)49(65)58-24-37(60)22-40(58)48(64)53-27(2)32-10-16-36(17-11-32)44-28(3)52-25-67-44/h10-21,25,27,29,37,39-40,45,60H,22-24H2,1-9H3,(H,53,64)(H,55,63)(H,61,62)/t27-,29-,37+,39-,40-,45+/m0/s1. The van der Waals surface area contributed by atoms with Gasteiger partial charge in [0, 0.05) is 29.0 Å². The van der Waals surface area contributed by atoms with Gasteiger partial charge >= 0.3 is 5.97 Å². The SMILES string of the molecule is Cc1ncsc1-c1ccc([C@H](C)NC(=O)[C@@H]2C[C@@H](O)CN2C(=O)[C@@H](NC(=O)[C@H](C)Oc2ccc(-c3ccc(C4=N[C@@H](CC(=O)O)c5nnc(C)n5-c5sc(C)c(C)c54)cc3)cc2)C(C)(C)C)cc1. The van der Waals surface area contributed by atoms with Gasteiger partial charge in [-0.05, 0) is 86.9 Å². The van der Waals surface area contributed by atoms with Crippen molar-refractivity contribution in [1.82, 2.24) is 35.3 Å². The first-order valence-electron chi connectivity index (χ1n) is 22.6. The van der Waals surface area contributed by atoms with Crippen molar-refractivity contribution in [2.45, 2.75) is 112 Å². The number of aliphatic carboxylic acids is 1. The second-order valence-corrected chi connectivity index (χ2v) is 20.7. The maximum absolute atomic E-state index is 14.3. The van der Waals surface area contributed by atoms with Crippen LogP contribution in [0.15, 0.2) is 83.3 Å². The number of carbonyl (C=O) groups excluding carboxylic acids is 3. The Bertz CT molecular complexity index is 2900. The maximum atomic E-state index is 14.3. The van der Waals surface area contributed by atoms with Crippen molar-refractivity contribution in [1.29, 1.82) is 0 Å². The molecule has 1 saturated heterocycles. The summed E-state index contributed by atoms with van der Waals surface area (Å²) < 4.78 is 8.03. The quantitative estimate of drug-likeness (QED) is 0.0883. The third kappa shape index (κ3) is 9.73. The molecule has 15 nitrogen and oxygen atoms in total. The van der Waals surface area contributed by atoms with Crippen molar-refractivity contribution in [2.24, 2.45) is 10.4 Å². The van der Waals surface area contributed by atoms with Crippen molar-refractivity contribution >= 4 is 52.1 Å². The first-order chi connectivity index (χ1) is 32.3. The summed E-state index contributed by atoms with van der Waals surface area (Å²) >= 11 is 3.18. The highest BCUT2D eigenvalue weighted by atomic mass is 32.1. The first kappa shape index (κ1) is 47.9. The van der Waals surface area contributed by atoms with Crippen molar-refractivity contribution in [3.8, 4) is 32.3 Å². The Morgan fingerprint density at radius 3 is 2.12 bits per heavy atom. The smallest absolute Gasteiger partial charge is 0.306 e. The number of amides is 3. The number of hydrogen-bond acceptors (Lipinski definition) is 12. The molecule has 5 heterocycles. The fourth-order valence-electron chi connectivity index (χ4n) is 8.77. The molecule has 4 N–H and O–H groups in total. The Hall–Kier alpha value is -6.56. The Labute approximate surface area is 403 Å². The number of carboxylic acid groups (broad SMARTS) is 1. The number of ether oxygens (including phenoxy) is 1. The number of thiophene rings is 1. The van der Waals surface area contributed by atoms with Gasteiger partial charge in [0.15, 0.2) is 11.9 Å². The van der Waals surface area contributed by atoms with Gasteiger partial charge in [-0.1, -0.05) is 81.4 Å². The summed E-state index contributed by atoms with van der Waals surface area (Å²) in [7, 11) is 0. The van der Waals surface area contributed by atoms with Crippen molar-refractivity contribution < 1.29 is 34.1 Å². The zero-order valence-corrected chi connectivity index (χ0v) is 41.2. The lowest BCUT2D eigenvalue weighted by Crippen LogP contribution is -2.59. The van der Waals surface area contributed by atoms with Gasteiger partial charge in [-0.25, -0.2) is 4.98 Å². The summed E-state index contributed by atoms with van der Waals surface area (Å²) in [6.07, 6.45) is -2.04. The zero-order valence-electron chi connectivity index (χ0n) is 39.5. The topological polar surface area (TPSA) is 201 Å². The number of fused-ring (bicyclic) bond motifs is 3. The van der Waals surface area contributed by atoms with E-state index in [1.54, 1.807) is 41.7 Å². The number of aliphatic imine (C=N–C) groups is 1. The third-order valence-corrected chi connectivity index (χ3v) is 14.8. The number of β-amino-alcohol motifs (C(OH)–C–C–N with tert-alkyl or cyclic N) is 1. The van der Waals surface area contributed by atoms with E-state index in [1.807, 2.05) is 112 Å². The summed E-state index contributed by atoms with van der Waals surface area (Å²) in [5.74, 6) is -0.723. The van der Waals surface area contributed by atoms with Crippen LogP contribution in [0, 0.1) is 33.1 Å². The van der Waals surface area contributed by atoms with Gasteiger partial charge in [0.05, 0.1) is 40.4 Å². The third-order valence-electron chi connectivity index (χ3n) is 12.7. The lowest BCUT2D eigenvalue weighted by molar-refractivity contribution is -0.145. The molecule has 0 unspecified atom stereocenters. The lowest BCUT2D eigenvalue weighted by Gasteiger charge is -2.36. The molecule has 1 fully saturated rings. The van der Waals surface area contributed by atoms with Gasteiger partial charge in [0.1, 0.15) is 34.7 Å². The molecule has 2 aliphatic rings. The molecule has 3 aromatic heterocycles. The molecule has 0 aliphatic carbocycles. The molecular formula is C51H56N8O7S2. The Morgan fingerprint density at radius 2 is 1.50 bits per heavy atom. The number of nitrogens with zero attached hydrogens (tertiary/aromatic N) is 6. The molecule has 0 spiro atoms. The van der Waals surface area contributed by atoms with Crippen LogP contribution in [-0.2, 0) is 19.2 Å². The molecule has 0 saturated carbocycles. The van der Waals surface area contributed by atoms with Gasteiger partial charge in [-0.15, -0.1) is 32.9 Å². The number of carbonyl (C=O) groups is 4. The molecule has 0 radical (unpaired) electrons. The van der Waals surface area contributed by atoms with Crippen LogP contribution in [0.4, 0.5) is 0 Å². The van der Waals surface area contributed by atoms with Crippen molar-refractivity contribution in [3.05, 3.63) is 123 Å². The van der Waals surface area contributed by atoms with E-state index in [4.69, 9.17) is 9.73 Å². The molecule has 6 atom stereocenters. The lowest BCUT2D eigenvalue weighted by atomic mass is 9.85. The predicted molar refractivity (Wildman–Crippen MR) is 262 cm³/mol. The van der Waals surface area contributed by atoms with E-state index in [2.05, 4.69) is 39.7 Å². The van der Waals surface area contributed by atoms with Gasteiger partial charge in [0.2, 0.25) is 11.8 Å². The van der Waals surface area contributed by atoms with E-state index in [0.29, 0.717) is 23.1 Å². The maximum Gasteiger partial charge on any atom is 0.306 e. The average molecular weight is 957 g/mol. The monoisotopic (exact) mass is 956 g/mol. The number of rotatable bonds is 13. The number of aromatic nitrogens is 4. The van der Waals surface area contributed by atoms with E-state index >= 15 is 0 Å². The number of likely N-dealkylation sites (tertiary alicyclic amines) is 1. The van der Waals surface area contributed by atoms with Gasteiger partial charge in [0.25, 0.3) is 5.91 Å². The van der Waals surface area contributed by atoms with Crippen LogP contribution < -0.4 is 15.4 Å². The number of aryl methyl sites for hydroxylation is 3. The van der Waals surface area contributed by atoms with Crippen molar-refractivity contribution in [3.63, 3.8) is 0 Å². The summed E-state index contributed by atoms with van der Waals surface area (Å²) in [4.78, 5) is 66.8. The highest BCUT2D eigenvalue weighted by Gasteiger charge is 2.45. The molecule has 17 heteroatoms. The van der Waals surface area contributed by atoms with E-state index in [9.17, 15) is 29.4 Å². The van der Waals surface area contributed by atoms with Crippen LogP contribution in [0.3, 0.4) is 0 Å². The van der Waals surface area contributed by atoms with Gasteiger partial charge in [-0.2, -0.15) is 0 Å². The van der Waals surface area contributed by atoms with E-state index in [0.717, 1.165) is 59.4 Å². The van der Waals surface area contributed by atoms with Crippen LogP contribution in [0.1, 0.15) is 104 Å². The molecule has 354 valence electrons. The molecular weight excluding hydrogens is 901 g/mol. The second kappa shape index (κ2) is 19.2. The molecule has 3 amide bonds. The molecule has 3 aromatic carbocycles. The Morgan fingerprint density at radius 1 is 0.868 bits per heavy atom. The number of hydrogen-bond donors (Lipinski definition) is 4. The number of benzene rings is 3. The molecule has 6 aromatic rings. The molecule has 68 heavy (non-hydrogen) atoms. The summed E-state index contributed by atoms with van der Waals surface area (Å²) in [6, 6.07) is 20.1. The second-order valence-electron chi connectivity index (χ2n) is 18.7. The highest BCUT2D eigenvalue weighted by molar-refractivity contribution is 7.15. The summed E-state index contributed by atoms with van der Waals surface area (Å²) in [5, 5.41) is 36.0. The first-order valence-corrected chi connectivity index (χ1v) is 24.3. The summed E-state index contributed by atoms with van der Waals surface area (Å²) in [5.41, 5.74) is 9.30. The van der Waals surface area contributed by atoms with Crippen LogP contribution in [0.2, 0.25) is 0 Å². The highest BCUT2D eigenvalue weighted by Crippen LogP contribution is 2.40. The van der Waals surface area contributed by atoms with E-state index in [1.165, 1.54) is 4.90 Å². The number of aliphatic hydroxyl groups excluding tert-OH is 1. The van der Waals surface area contributed by atoms with Crippen LogP contribution in [0.5, 0.6) is 5.75 Å². The minimum atomic E-state index is -1.03. The molecule has 0 bridgehead atoms. The molecule has 2 aliphatic heterocycles. The largest absolute Gasteiger partial charge is 0.481 e. The Balaban J connectivity index is 0.918. The van der Waals surface area contributed by atoms with Crippen molar-refractivity contribution in [2.75, 3.05) is 6.54 Å². The van der Waals surface area contributed by atoms with Gasteiger partial charge < -0.3 is 30.5 Å². The van der Waals surface area contributed by atoms with E-state index < -0.39 is 53.5 Å². The predicted octanol–water partition coefficient (Wildman–Crippen LogP) is 7.86. The fourth-order valence-corrected chi connectivity index (χ4v) is 10.8. The van der Waals surface area contributed by atoms with Crippen LogP contribution >= 0.6 is 22.7 Å². The normalized spacial score (nSPS) is 18.1. The number of nitrogens with one attached hydrogen (secondary N) is 2. The Kier molecular flexibility index (Phi) is 13.5. The number of aliphatic hydroxyl groups is 1. The van der Waals surface area contributed by atoms with Crippen LogP contribution in [-0.4, -0.2) is 95.1 Å². The summed E-state index contributed by atoms with van der Waals surface area (Å²) in [6.45, 7) is 16.9. The average Bonchev–Trinajstić information content (AvgIpc) is 4.07. The fraction of sp³-hybridized carbons (Fsp3) is 0.373. The zero-order chi connectivity index (χ0) is 48.8. The van der Waals surface area contributed by atoms with Crippen LogP contribution in [0.25, 0.3) is 26.6 Å². The van der Waals surface area contributed by atoms with E-state index in [-0.39, 0.29) is 31.3 Å². The van der Waals surface area contributed by atoms with Gasteiger partial charge in [-0.3, -0.25) is 28.7 Å². The minimum absolute atomic E-state index is 0.0426. The number of thiazole rings is 1. The minimum Gasteiger partial charge on any atom is -0.481 e. The number of carboxylic acids is 1. The molecule has 8 rings (SSSR count).